The summed E-state index contributed by atoms with van der Waals surface area (Å²) in [6.45, 7) is 1.97. The van der Waals surface area contributed by atoms with Gasteiger partial charge in [-0.2, -0.15) is 13.2 Å². The van der Waals surface area contributed by atoms with Gasteiger partial charge in [-0.3, -0.25) is 0 Å². The molecule has 0 radical (unpaired) electrons. The third kappa shape index (κ3) is 4.51. The number of anilines is 2. The van der Waals surface area contributed by atoms with Crippen LogP contribution in [0.15, 0.2) is 48.5 Å². The van der Waals surface area contributed by atoms with Crippen molar-refractivity contribution in [2.45, 2.75) is 18.5 Å². The Balaban J connectivity index is 1.57. The summed E-state index contributed by atoms with van der Waals surface area (Å²) in [4.78, 5) is 12.0. The third-order valence-electron chi connectivity index (χ3n) is 4.17. The molecule has 1 fully saturated rings. The molecule has 1 atom stereocenters. The first kappa shape index (κ1) is 17.3. The number of alkyl halides is 3. The monoisotopic (exact) mass is 349 g/mol. The molecule has 0 unspecified atom stereocenters. The van der Waals surface area contributed by atoms with Gasteiger partial charge in [-0.25, -0.2) is 4.79 Å². The molecule has 0 spiro atoms. The van der Waals surface area contributed by atoms with Crippen molar-refractivity contribution in [1.82, 2.24) is 5.32 Å². The lowest BCUT2D eigenvalue weighted by Crippen LogP contribution is -2.19. The van der Waals surface area contributed by atoms with Gasteiger partial charge in [-0.05, 0) is 60.8 Å². The number of hydrogen-bond donors (Lipinski definition) is 3. The minimum absolute atomic E-state index is 0.291. The van der Waals surface area contributed by atoms with Crippen LogP contribution >= 0.6 is 0 Å². The Morgan fingerprint density at radius 1 is 0.960 bits per heavy atom. The maximum Gasteiger partial charge on any atom is 0.416 e. The molecule has 3 rings (SSSR count). The second-order valence-electron chi connectivity index (χ2n) is 5.97. The number of nitrogens with one attached hydrogen (secondary N) is 3. The van der Waals surface area contributed by atoms with Crippen molar-refractivity contribution in [2.24, 2.45) is 0 Å². The molecule has 132 valence electrons. The number of amides is 2. The van der Waals surface area contributed by atoms with E-state index >= 15 is 0 Å². The Hall–Kier alpha value is -2.54. The fraction of sp³-hybridized carbons (Fsp3) is 0.278. The van der Waals surface area contributed by atoms with E-state index in [0.29, 0.717) is 17.3 Å². The van der Waals surface area contributed by atoms with Crippen molar-refractivity contribution in [3.8, 4) is 0 Å². The quantitative estimate of drug-likeness (QED) is 0.768. The summed E-state index contributed by atoms with van der Waals surface area (Å²) in [6, 6.07) is 11.4. The highest BCUT2D eigenvalue weighted by molar-refractivity contribution is 5.99. The largest absolute Gasteiger partial charge is 0.416 e. The zero-order chi connectivity index (χ0) is 17.9. The molecule has 25 heavy (non-hydrogen) atoms. The van der Waals surface area contributed by atoms with Crippen molar-refractivity contribution >= 4 is 17.4 Å². The fourth-order valence-electron chi connectivity index (χ4n) is 2.81. The lowest BCUT2D eigenvalue weighted by molar-refractivity contribution is -0.137. The van der Waals surface area contributed by atoms with Gasteiger partial charge in [0, 0.05) is 17.9 Å². The Bertz CT molecular complexity index is 721. The molecule has 0 saturated carbocycles. The Kier molecular flexibility index (Phi) is 4.94. The van der Waals surface area contributed by atoms with Crippen molar-refractivity contribution in [3.63, 3.8) is 0 Å². The first-order chi connectivity index (χ1) is 11.9. The van der Waals surface area contributed by atoms with E-state index in [0.717, 1.165) is 31.6 Å². The fourth-order valence-corrected chi connectivity index (χ4v) is 2.81. The molecule has 0 aromatic heterocycles. The van der Waals surface area contributed by atoms with Gasteiger partial charge < -0.3 is 16.0 Å². The molecule has 1 aliphatic heterocycles. The van der Waals surface area contributed by atoms with Crippen molar-refractivity contribution < 1.29 is 18.0 Å². The highest BCUT2D eigenvalue weighted by Gasteiger charge is 2.30. The van der Waals surface area contributed by atoms with Crippen molar-refractivity contribution in [1.29, 1.82) is 0 Å². The molecule has 0 aliphatic carbocycles. The maximum absolute atomic E-state index is 12.5. The van der Waals surface area contributed by atoms with Gasteiger partial charge in [0.1, 0.15) is 0 Å². The Morgan fingerprint density at radius 2 is 1.52 bits per heavy atom. The summed E-state index contributed by atoms with van der Waals surface area (Å²) >= 11 is 0. The van der Waals surface area contributed by atoms with Gasteiger partial charge >= 0.3 is 12.2 Å². The summed E-state index contributed by atoms with van der Waals surface area (Å²) in [6.07, 6.45) is -3.29. The third-order valence-corrected chi connectivity index (χ3v) is 4.17. The molecule has 2 aromatic rings. The van der Waals surface area contributed by atoms with Crippen LogP contribution in [0.2, 0.25) is 0 Å². The first-order valence-electron chi connectivity index (χ1n) is 7.98. The minimum atomic E-state index is -4.39. The van der Waals surface area contributed by atoms with E-state index in [9.17, 15) is 18.0 Å². The van der Waals surface area contributed by atoms with E-state index in [4.69, 9.17) is 0 Å². The van der Waals surface area contributed by atoms with E-state index in [1.807, 2.05) is 24.3 Å². The van der Waals surface area contributed by atoms with Crippen molar-refractivity contribution in [2.75, 3.05) is 23.7 Å². The first-order valence-corrected chi connectivity index (χ1v) is 7.98. The number of carbonyl (C=O) groups excluding carboxylic acids is 1. The summed E-state index contributed by atoms with van der Waals surface area (Å²) in [7, 11) is 0. The van der Waals surface area contributed by atoms with Gasteiger partial charge in [-0.1, -0.05) is 12.1 Å². The van der Waals surface area contributed by atoms with Crippen LogP contribution in [0.1, 0.15) is 23.5 Å². The standard InChI is InChI=1S/C18H18F3N3O/c19-18(20,21)14-3-7-16(8-4-14)24-17(25)23-15-5-1-12(2-6-15)13-9-10-22-11-13/h1-8,13,22H,9-11H2,(H2,23,24,25)/t13-/m1/s1. The van der Waals surface area contributed by atoms with Crippen molar-refractivity contribution in [3.05, 3.63) is 59.7 Å². The average Bonchev–Trinajstić information content (AvgIpc) is 3.09. The number of benzene rings is 2. The summed E-state index contributed by atoms with van der Waals surface area (Å²) in [5.41, 5.74) is 1.38. The SMILES string of the molecule is O=C(Nc1ccc([C@@H]2CCNC2)cc1)Nc1ccc(C(F)(F)F)cc1. The topological polar surface area (TPSA) is 53.2 Å². The summed E-state index contributed by atoms with van der Waals surface area (Å²) in [5, 5.41) is 8.48. The average molecular weight is 349 g/mol. The van der Waals surface area contributed by atoms with Gasteiger partial charge in [0.05, 0.1) is 5.56 Å². The molecule has 0 bridgehead atoms. The highest BCUT2D eigenvalue weighted by Crippen LogP contribution is 2.30. The zero-order valence-corrected chi connectivity index (χ0v) is 13.4. The Morgan fingerprint density at radius 3 is 2.00 bits per heavy atom. The molecule has 2 amide bonds. The number of rotatable bonds is 3. The van der Waals surface area contributed by atoms with E-state index in [-0.39, 0.29) is 0 Å². The van der Waals surface area contributed by atoms with Gasteiger partial charge in [-0.15, -0.1) is 0 Å². The van der Waals surface area contributed by atoms with Crippen LogP contribution in [-0.4, -0.2) is 19.1 Å². The molecular formula is C18H18F3N3O. The lowest BCUT2D eigenvalue weighted by atomic mass is 9.98. The van der Waals surface area contributed by atoms with E-state index in [2.05, 4.69) is 16.0 Å². The van der Waals surface area contributed by atoms with Crippen LogP contribution in [0, 0.1) is 0 Å². The van der Waals surface area contributed by atoms with Crippen LogP contribution in [0.5, 0.6) is 0 Å². The Labute approximate surface area is 143 Å². The second-order valence-corrected chi connectivity index (χ2v) is 5.97. The summed E-state index contributed by atoms with van der Waals surface area (Å²) < 4.78 is 37.5. The van der Waals surface area contributed by atoms with E-state index in [1.54, 1.807) is 0 Å². The normalized spacial score (nSPS) is 17.3. The smallest absolute Gasteiger partial charge is 0.316 e. The number of hydrogen-bond acceptors (Lipinski definition) is 2. The maximum atomic E-state index is 12.5. The number of urea groups is 1. The number of halogens is 3. The van der Waals surface area contributed by atoms with Gasteiger partial charge in [0.25, 0.3) is 0 Å². The predicted molar refractivity (Wildman–Crippen MR) is 90.8 cm³/mol. The minimum Gasteiger partial charge on any atom is -0.316 e. The molecule has 3 N–H and O–H groups in total. The van der Waals surface area contributed by atoms with Crippen LogP contribution < -0.4 is 16.0 Å². The second kappa shape index (κ2) is 7.14. The predicted octanol–water partition coefficient (Wildman–Crippen LogP) is 4.43. The van der Waals surface area contributed by atoms with Gasteiger partial charge in [0.2, 0.25) is 0 Å². The molecule has 4 nitrogen and oxygen atoms in total. The molecule has 1 aliphatic rings. The van der Waals surface area contributed by atoms with Crippen LogP contribution in [0.3, 0.4) is 0 Å². The molecule has 1 heterocycles. The molecule has 1 saturated heterocycles. The van der Waals surface area contributed by atoms with Gasteiger partial charge in [0.15, 0.2) is 0 Å². The van der Waals surface area contributed by atoms with Crippen LogP contribution in [-0.2, 0) is 6.18 Å². The zero-order valence-electron chi connectivity index (χ0n) is 13.4. The molecule has 2 aromatic carbocycles. The molecule has 7 heteroatoms. The van der Waals surface area contributed by atoms with Crippen LogP contribution in [0.4, 0.5) is 29.3 Å². The lowest BCUT2D eigenvalue weighted by Gasteiger charge is -2.12. The van der Waals surface area contributed by atoms with Crippen LogP contribution in [0.25, 0.3) is 0 Å². The van der Waals surface area contributed by atoms with E-state index in [1.165, 1.54) is 17.7 Å². The summed E-state index contributed by atoms with van der Waals surface area (Å²) in [5.74, 6) is 0.495. The highest BCUT2D eigenvalue weighted by atomic mass is 19.4. The number of carbonyl (C=O) groups is 1. The molecular weight excluding hydrogens is 331 g/mol. The van der Waals surface area contributed by atoms with E-state index < -0.39 is 17.8 Å².